The Labute approximate surface area is 188 Å². The smallest absolute Gasteiger partial charge is 0.410 e. The van der Waals surface area contributed by atoms with E-state index >= 15 is 0 Å². The Morgan fingerprint density at radius 3 is 2.62 bits per heavy atom. The second-order valence-electron chi connectivity index (χ2n) is 7.42. The van der Waals surface area contributed by atoms with Gasteiger partial charge >= 0.3 is 6.18 Å². The van der Waals surface area contributed by atoms with E-state index in [0.29, 0.717) is 22.7 Å². The summed E-state index contributed by atoms with van der Waals surface area (Å²) >= 11 is 3.33. The lowest BCUT2D eigenvalue weighted by molar-refractivity contribution is -0.173. The van der Waals surface area contributed by atoms with Crippen molar-refractivity contribution in [2.75, 3.05) is 17.4 Å². The number of ether oxygens (including phenoxy) is 2. The molecule has 1 amide bonds. The molecule has 3 heterocycles. The Morgan fingerprint density at radius 1 is 1.12 bits per heavy atom. The Hall–Kier alpha value is -3.21. The zero-order valence-corrected chi connectivity index (χ0v) is 17.9. The Kier molecular flexibility index (Phi) is 5.00. The van der Waals surface area contributed by atoms with Crippen molar-refractivity contribution < 1.29 is 27.4 Å². The number of halogens is 4. The van der Waals surface area contributed by atoms with Crippen molar-refractivity contribution in [1.29, 1.82) is 0 Å². The number of benzene rings is 2. The van der Waals surface area contributed by atoms with Crippen molar-refractivity contribution >= 4 is 33.3 Å². The van der Waals surface area contributed by atoms with Gasteiger partial charge in [-0.3, -0.25) is 4.79 Å². The number of alkyl halides is 3. The van der Waals surface area contributed by atoms with Crippen molar-refractivity contribution in [1.82, 2.24) is 9.78 Å². The first-order valence-electron chi connectivity index (χ1n) is 9.67. The molecule has 0 spiro atoms. The highest BCUT2D eigenvalue weighted by atomic mass is 79.9. The number of rotatable bonds is 3. The van der Waals surface area contributed by atoms with Crippen molar-refractivity contribution in [2.24, 2.45) is 0 Å². The van der Waals surface area contributed by atoms with Gasteiger partial charge in [-0.2, -0.15) is 18.3 Å². The lowest BCUT2D eigenvalue weighted by Crippen LogP contribution is -2.35. The summed E-state index contributed by atoms with van der Waals surface area (Å²) in [7, 11) is 0. The number of anilines is 2. The molecule has 0 fully saturated rings. The highest BCUT2D eigenvalue weighted by Gasteiger charge is 2.46. The molecule has 3 aromatic rings. The predicted molar refractivity (Wildman–Crippen MR) is 113 cm³/mol. The van der Waals surface area contributed by atoms with Gasteiger partial charge in [-0.25, -0.2) is 4.68 Å². The van der Waals surface area contributed by atoms with Gasteiger partial charge in [-0.05, 0) is 29.8 Å². The van der Waals surface area contributed by atoms with Crippen LogP contribution in [0, 0.1) is 0 Å². The van der Waals surface area contributed by atoms with E-state index in [1.807, 2.05) is 0 Å². The molecule has 0 saturated carbocycles. The molecule has 32 heavy (non-hydrogen) atoms. The SMILES string of the molecule is O=C(Nc1ccc2c(c1)OCO2)c1cc2n(n1)[C@@H](C(F)(F)F)C[C@@H](c1ccc(Br)cc1)N2. The Bertz CT molecular complexity index is 1180. The van der Waals surface area contributed by atoms with Crippen LogP contribution in [0.15, 0.2) is 53.0 Å². The number of fused-ring (bicyclic) bond motifs is 2. The molecular weight excluding hydrogens is 493 g/mol. The zero-order chi connectivity index (χ0) is 22.5. The third kappa shape index (κ3) is 3.88. The van der Waals surface area contributed by atoms with Gasteiger partial charge in [0, 0.05) is 28.7 Å². The predicted octanol–water partition coefficient (Wildman–Crippen LogP) is 5.29. The first kappa shape index (κ1) is 20.7. The van der Waals surface area contributed by atoms with Crippen LogP contribution in [0.2, 0.25) is 0 Å². The molecule has 5 rings (SSSR count). The topological polar surface area (TPSA) is 77.4 Å². The van der Waals surface area contributed by atoms with Crippen molar-refractivity contribution in [3.8, 4) is 11.5 Å². The monoisotopic (exact) mass is 508 g/mol. The molecule has 0 bridgehead atoms. The molecule has 7 nitrogen and oxygen atoms in total. The van der Waals surface area contributed by atoms with Crippen molar-refractivity contribution in [3.63, 3.8) is 0 Å². The van der Waals surface area contributed by atoms with Crippen LogP contribution in [0.5, 0.6) is 11.5 Å². The number of carbonyl (C=O) groups is 1. The van der Waals surface area contributed by atoms with E-state index in [4.69, 9.17) is 9.47 Å². The summed E-state index contributed by atoms with van der Waals surface area (Å²) in [5.41, 5.74) is 0.996. The van der Waals surface area contributed by atoms with E-state index in [0.717, 1.165) is 9.15 Å². The average molecular weight is 509 g/mol. The fourth-order valence-electron chi connectivity index (χ4n) is 3.77. The van der Waals surface area contributed by atoms with E-state index in [9.17, 15) is 18.0 Å². The van der Waals surface area contributed by atoms with Crippen LogP contribution in [0.3, 0.4) is 0 Å². The first-order chi connectivity index (χ1) is 15.3. The molecule has 11 heteroatoms. The Balaban J connectivity index is 1.42. The third-order valence-electron chi connectivity index (χ3n) is 5.33. The average Bonchev–Trinajstić information content (AvgIpc) is 3.39. The van der Waals surface area contributed by atoms with Crippen molar-refractivity contribution in [2.45, 2.75) is 24.7 Å². The van der Waals surface area contributed by atoms with E-state index in [1.54, 1.807) is 42.5 Å². The van der Waals surface area contributed by atoms with E-state index in [2.05, 4.69) is 31.7 Å². The number of nitrogens with zero attached hydrogens (tertiary/aromatic N) is 2. The zero-order valence-electron chi connectivity index (χ0n) is 16.3. The van der Waals surface area contributed by atoms with Gasteiger partial charge in [-0.1, -0.05) is 28.1 Å². The normalized spacial score (nSPS) is 19.2. The van der Waals surface area contributed by atoms with Crippen molar-refractivity contribution in [3.05, 3.63) is 64.3 Å². The van der Waals surface area contributed by atoms with Crippen LogP contribution >= 0.6 is 15.9 Å². The maximum absolute atomic E-state index is 13.8. The lowest BCUT2D eigenvalue weighted by atomic mass is 9.97. The molecule has 2 aliphatic rings. The summed E-state index contributed by atoms with van der Waals surface area (Å²) in [5, 5.41) is 9.68. The van der Waals surface area contributed by atoms with Gasteiger partial charge in [0.05, 0.1) is 6.04 Å². The second kappa shape index (κ2) is 7.73. The number of carbonyl (C=O) groups excluding carboxylic acids is 1. The van der Waals surface area contributed by atoms with Gasteiger partial charge in [0.1, 0.15) is 5.82 Å². The first-order valence-corrected chi connectivity index (χ1v) is 10.5. The molecule has 2 atom stereocenters. The molecular formula is C21H16BrF3N4O3. The van der Waals surface area contributed by atoms with Crippen LogP contribution in [0.4, 0.5) is 24.7 Å². The maximum Gasteiger partial charge on any atom is 0.410 e. The highest BCUT2D eigenvalue weighted by Crippen LogP contribution is 2.44. The minimum absolute atomic E-state index is 0.0878. The van der Waals surface area contributed by atoms with E-state index < -0.39 is 24.2 Å². The molecule has 2 aromatic carbocycles. The number of amides is 1. The maximum atomic E-state index is 13.8. The van der Waals surface area contributed by atoms with Gasteiger partial charge in [0.2, 0.25) is 6.79 Å². The fraction of sp³-hybridized carbons (Fsp3) is 0.238. The minimum Gasteiger partial charge on any atom is -0.454 e. The van der Waals surface area contributed by atoms with E-state index in [-0.39, 0.29) is 24.7 Å². The van der Waals surface area contributed by atoms with E-state index in [1.165, 1.54) is 6.07 Å². The van der Waals surface area contributed by atoms with Gasteiger partial charge in [0.25, 0.3) is 5.91 Å². The summed E-state index contributed by atoms with van der Waals surface area (Å²) in [5.74, 6) is 0.524. The van der Waals surface area contributed by atoms with Crippen LogP contribution in [0.1, 0.15) is 34.6 Å². The molecule has 2 aliphatic heterocycles. The summed E-state index contributed by atoms with van der Waals surface area (Å²) in [6.45, 7) is 0.0878. The standard InChI is InChI=1S/C21H16BrF3N4O3/c22-12-3-1-11(2-4-12)14-8-18(21(23,24)25)29-19(27-14)9-15(28-29)20(30)26-13-5-6-16-17(7-13)32-10-31-16/h1-7,9,14,18,27H,8,10H2,(H,26,30)/t14-,18+/m0/s1. The van der Waals surface area contributed by atoms with Crippen LogP contribution in [-0.2, 0) is 0 Å². The summed E-state index contributed by atoms with van der Waals surface area (Å²) < 4.78 is 53.7. The van der Waals surface area contributed by atoms with Gasteiger partial charge in [-0.15, -0.1) is 0 Å². The summed E-state index contributed by atoms with van der Waals surface area (Å²) in [6.07, 6.45) is -4.77. The molecule has 0 unspecified atom stereocenters. The molecule has 0 aliphatic carbocycles. The minimum atomic E-state index is -4.53. The number of nitrogens with one attached hydrogen (secondary N) is 2. The van der Waals surface area contributed by atoms with Crippen LogP contribution in [-0.4, -0.2) is 28.7 Å². The lowest BCUT2D eigenvalue weighted by Gasteiger charge is -2.33. The molecule has 0 radical (unpaired) electrons. The second-order valence-corrected chi connectivity index (χ2v) is 8.34. The molecule has 0 saturated heterocycles. The van der Waals surface area contributed by atoms with Gasteiger partial charge < -0.3 is 20.1 Å². The fourth-order valence-corrected chi connectivity index (χ4v) is 4.03. The Morgan fingerprint density at radius 2 is 1.88 bits per heavy atom. The highest BCUT2D eigenvalue weighted by molar-refractivity contribution is 9.10. The third-order valence-corrected chi connectivity index (χ3v) is 5.85. The number of aromatic nitrogens is 2. The van der Waals surface area contributed by atoms with Crippen LogP contribution in [0.25, 0.3) is 0 Å². The number of hydrogen-bond donors (Lipinski definition) is 2. The van der Waals surface area contributed by atoms with Crippen LogP contribution < -0.4 is 20.1 Å². The summed E-state index contributed by atoms with van der Waals surface area (Å²) in [6, 6.07) is 10.8. The quantitative estimate of drug-likeness (QED) is 0.502. The molecule has 2 N–H and O–H groups in total. The number of hydrogen-bond acceptors (Lipinski definition) is 5. The van der Waals surface area contributed by atoms with Gasteiger partial charge in [0.15, 0.2) is 23.2 Å². The summed E-state index contributed by atoms with van der Waals surface area (Å²) in [4.78, 5) is 12.7. The molecule has 166 valence electrons. The molecule has 1 aromatic heterocycles. The largest absolute Gasteiger partial charge is 0.454 e.